The zero-order valence-electron chi connectivity index (χ0n) is 14.8. The molecular formula is C17H24ClN5O. The maximum absolute atomic E-state index is 12.5. The van der Waals surface area contributed by atoms with Gasteiger partial charge in [-0.2, -0.15) is 5.10 Å². The minimum absolute atomic E-state index is 0.212. The van der Waals surface area contributed by atoms with E-state index in [0.717, 1.165) is 11.4 Å². The first-order valence-electron chi connectivity index (χ1n) is 7.93. The van der Waals surface area contributed by atoms with Crippen molar-refractivity contribution in [2.75, 3.05) is 19.0 Å². The van der Waals surface area contributed by atoms with Crippen molar-refractivity contribution in [1.82, 2.24) is 20.1 Å². The van der Waals surface area contributed by atoms with Gasteiger partial charge in [-0.15, -0.1) is 0 Å². The first kappa shape index (κ1) is 18.3. The summed E-state index contributed by atoms with van der Waals surface area (Å²) in [7, 11) is 3.86. The Kier molecular flexibility index (Phi) is 5.83. The zero-order valence-corrected chi connectivity index (χ0v) is 15.6. The normalized spacial score (nSPS) is 11.0. The SMILES string of the molecule is Cc1nn(CC(C)C)c(Cl)c1C(=O)NCc1ccnc(N(C)C)c1. The second-order valence-corrected chi connectivity index (χ2v) is 6.78. The Balaban J connectivity index is 2.10. The average Bonchev–Trinajstić information content (AvgIpc) is 2.78. The minimum atomic E-state index is -0.212. The molecule has 0 saturated carbocycles. The lowest BCUT2D eigenvalue weighted by Crippen LogP contribution is -2.24. The van der Waals surface area contributed by atoms with Crippen molar-refractivity contribution in [3.63, 3.8) is 0 Å². The van der Waals surface area contributed by atoms with Gasteiger partial charge >= 0.3 is 0 Å². The number of pyridine rings is 1. The summed E-state index contributed by atoms with van der Waals surface area (Å²) >= 11 is 6.34. The second kappa shape index (κ2) is 7.66. The van der Waals surface area contributed by atoms with E-state index >= 15 is 0 Å². The highest BCUT2D eigenvalue weighted by Crippen LogP contribution is 2.21. The van der Waals surface area contributed by atoms with E-state index in [2.05, 4.69) is 29.2 Å². The van der Waals surface area contributed by atoms with Crippen LogP contribution in [0.3, 0.4) is 0 Å². The molecule has 0 aliphatic heterocycles. The molecule has 2 aromatic rings. The summed E-state index contributed by atoms with van der Waals surface area (Å²) in [6.07, 6.45) is 1.73. The number of nitrogens with zero attached hydrogens (tertiary/aromatic N) is 4. The minimum Gasteiger partial charge on any atom is -0.363 e. The van der Waals surface area contributed by atoms with Crippen LogP contribution in [0.1, 0.15) is 35.5 Å². The number of amides is 1. The molecule has 0 atom stereocenters. The molecule has 2 aromatic heterocycles. The van der Waals surface area contributed by atoms with E-state index in [1.165, 1.54) is 0 Å². The molecule has 0 bridgehead atoms. The number of nitrogens with one attached hydrogen (secondary N) is 1. The molecule has 0 fully saturated rings. The third-order valence-electron chi connectivity index (χ3n) is 3.55. The van der Waals surface area contributed by atoms with Crippen LogP contribution in [-0.4, -0.2) is 34.8 Å². The van der Waals surface area contributed by atoms with Gasteiger partial charge in [0.15, 0.2) is 0 Å². The lowest BCUT2D eigenvalue weighted by Gasteiger charge is -2.12. The lowest BCUT2D eigenvalue weighted by molar-refractivity contribution is 0.0950. The smallest absolute Gasteiger partial charge is 0.256 e. The van der Waals surface area contributed by atoms with Crippen LogP contribution in [-0.2, 0) is 13.1 Å². The Morgan fingerprint density at radius 3 is 2.75 bits per heavy atom. The third-order valence-corrected chi connectivity index (χ3v) is 3.94. The largest absolute Gasteiger partial charge is 0.363 e. The van der Waals surface area contributed by atoms with Crippen molar-refractivity contribution in [2.24, 2.45) is 5.92 Å². The number of carbonyl (C=O) groups excluding carboxylic acids is 1. The summed E-state index contributed by atoms with van der Waals surface area (Å²) in [6, 6.07) is 3.82. The van der Waals surface area contributed by atoms with Gasteiger partial charge in [0.25, 0.3) is 5.91 Å². The van der Waals surface area contributed by atoms with Gasteiger partial charge in [0.1, 0.15) is 11.0 Å². The Labute approximate surface area is 147 Å². The van der Waals surface area contributed by atoms with E-state index in [0.29, 0.717) is 35.4 Å². The molecule has 6 nitrogen and oxygen atoms in total. The van der Waals surface area contributed by atoms with Crippen molar-refractivity contribution >= 4 is 23.3 Å². The van der Waals surface area contributed by atoms with Crippen molar-refractivity contribution in [1.29, 1.82) is 0 Å². The first-order chi connectivity index (χ1) is 11.3. The van der Waals surface area contributed by atoms with Crippen LogP contribution < -0.4 is 10.2 Å². The summed E-state index contributed by atoms with van der Waals surface area (Å²) in [5.74, 6) is 1.04. The molecule has 0 aliphatic rings. The number of anilines is 1. The van der Waals surface area contributed by atoms with Crippen LogP contribution in [0.2, 0.25) is 5.15 Å². The molecule has 24 heavy (non-hydrogen) atoms. The van der Waals surface area contributed by atoms with E-state index in [1.54, 1.807) is 17.8 Å². The maximum Gasteiger partial charge on any atom is 0.256 e. The monoisotopic (exact) mass is 349 g/mol. The molecule has 0 aromatic carbocycles. The number of halogens is 1. The number of rotatable bonds is 6. The molecule has 0 spiro atoms. The molecule has 0 radical (unpaired) electrons. The van der Waals surface area contributed by atoms with E-state index in [4.69, 9.17) is 11.6 Å². The average molecular weight is 350 g/mol. The van der Waals surface area contributed by atoms with Crippen molar-refractivity contribution in [2.45, 2.75) is 33.9 Å². The highest BCUT2D eigenvalue weighted by molar-refractivity contribution is 6.33. The maximum atomic E-state index is 12.5. The van der Waals surface area contributed by atoms with Gasteiger partial charge in [-0.1, -0.05) is 25.4 Å². The Morgan fingerprint density at radius 1 is 1.42 bits per heavy atom. The predicted molar refractivity (Wildman–Crippen MR) is 96.5 cm³/mol. The van der Waals surface area contributed by atoms with Gasteiger partial charge in [-0.25, -0.2) is 4.98 Å². The molecule has 2 heterocycles. The van der Waals surface area contributed by atoms with Crippen LogP contribution in [0.25, 0.3) is 0 Å². The number of carbonyl (C=O) groups is 1. The molecule has 7 heteroatoms. The topological polar surface area (TPSA) is 63.1 Å². The van der Waals surface area contributed by atoms with Gasteiger partial charge in [0.2, 0.25) is 0 Å². The number of aromatic nitrogens is 3. The lowest BCUT2D eigenvalue weighted by atomic mass is 10.2. The molecular weight excluding hydrogens is 326 g/mol. The number of aryl methyl sites for hydroxylation is 1. The van der Waals surface area contributed by atoms with E-state index in [1.807, 2.05) is 31.1 Å². The van der Waals surface area contributed by atoms with Gasteiger partial charge in [-0.3, -0.25) is 9.48 Å². The quantitative estimate of drug-likeness (QED) is 0.871. The second-order valence-electron chi connectivity index (χ2n) is 6.43. The summed E-state index contributed by atoms with van der Waals surface area (Å²) in [5, 5.41) is 7.67. The van der Waals surface area contributed by atoms with Gasteiger partial charge in [0, 0.05) is 33.4 Å². The molecule has 130 valence electrons. The van der Waals surface area contributed by atoms with E-state index in [9.17, 15) is 4.79 Å². The highest BCUT2D eigenvalue weighted by Gasteiger charge is 2.20. The fourth-order valence-electron chi connectivity index (χ4n) is 2.36. The van der Waals surface area contributed by atoms with E-state index in [-0.39, 0.29) is 5.91 Å². The van der Waals surface area contributed by atoms with Crippen molar-refractivity contribution < 1.29 is 4.79 Å². The molecule has 0 unspecified atom stereocenters. The van der Waals surface area contributed by atoms with Crippen molar-refractivity contribution in [3.05, 3.63) is 40.3 Å². The Bertz CT molecular complexity index is 724. The number of hydrogen-bond donors (Lipinski definition) is 1. The van der Waals surface area contributed by atoms with Gasteiger partial charge < -0.3 is 10.2 Å². The summed E-state index contributed by atoms with van der Waals surface area (Å²) in [6.45, 7) is 7.06. The zero-order chi connectivity index (χ0) is 17.9. The Hall–Kier alpha value is -2.08. The van der Waals surface area contributed by atoms with Crippen LogP contribution in [0, 0.1) is 12.8 Å². The summed E-state index contributed by atoms with van der Waals surface area (Å²) < 4.78 is 1.69. The van der Waals surface area contributed by atoms with E-state index < -0.39 is 0 Å². The Morgan fingerprint density at radius 2 is 2.12 bits per heavy atom. The summed E-state index contributed by atoms with van der Waals surface area (Å²) in [5.41, 5.74) is 2.06. The van der Waals surface area contributed by atoms with Crippen LogP contribution in [0.15, 0.2) is 18.3 Å². The van der Waals surface area contributed by atoms with Gasteiger partial charge in [-0.05, 0) is 30.5 Å². The third kappa shape index (κ3) is 4.26. The standard InChI is InChI=1S/C17H24ClN5O/c1-11(2)10-23-16(18)15(12(3)21-23)17(24)20-9-13-6-7-19-14(8-13)22(4)5/h6-8,11H,9-10H2,1-5H3,(H,20,24). The number of hydrogen-bond acceptors (Lipinski definition) is 4. The fourth-order valence-corrected chi connectivity index (χ4v) is 2.69. The molecule has 0 aliphatic carbocycles. The fraction of sp³-hybridized carbons (Fsp3) is 0.471. The van der Waals surface area contributed by atoms with Crippen LogP contribution >= 0.6 is 11.6 Å². The van der Waals surface area contributed by atoms with Gasteiger partial charge in [0.05, 0.1) is 11.3 Å². The molecule has 2 rings (SSSR count). The molecule has 1 amide bonds. The van der Waals surface area contributed by atoms with Crippen molar-refractivity contribution in [3.8, 4) is 0 Å². The highest BCUT2D eigenvalue weighted by atomic mass is 35.5. The summed E-state index contributed by atoms with van der Waals surface area (Å²) in [4.78, 5) is 18.7. The predicted octanol–water partition coefficient (Wildman–Crippen LogP) is 2.89. The van der Waals surface area contributed by atoms with Crippen LogP contribution in [0.4, 0.5) is 5.82 Å². The van der Waals surface area contributed by atoms with Crippen LogP contribution in [0.5, 0.6) is 0 Å². The molecule has 0 saturated heterocycles. The first-order valence-corrected chi connectivity index (χ1v) is 8.30. The molecule has 1 N–H and O–H groups in total.